The molecule has 1 aromatic heterocycles. The lowest BCUT2D eigenvalue weighted by Gasteiger charge is -2.23. The molecule has 4 nitrogen and oxygen atoms in total. The Morgan fingerprint density at radius 3 is 2.61 bits per heavy atom. The molecule has 3 rings (SSSR count). The van der Waals surface area contributed by atoms with Gasteiger partial charge < -0.3 is 9.64 Å². The summed E-state index contributed by atoms with van der Waals surface area (Å²) in [7, 11) is 0. The molecule has 0 N–H and O–H groups in total. The molecule has 1 aliphatic rings. The summed E-state index contributed by atoms with van der Waals surface area (Å²) in [6, 6.07) is 8.14. The number of halogens is 1. The molecule has 1 fully saturated rings. The van der Waals surface area contributed by atoms with Crippen LogP contribution in [-0.4, -0.2) is 23.3 Å². The normalized spacial score (nSPS) is 13.9. The second-order valence-corrected chi connectivity index (χ2v) is 6.29. The van der Waals surface area contributed by atoms with E-state index in [-0.39, 0.29) is 0 Å². The highest BCUT2D eigenvalue weighted by Gasteiger charge is 2.28. The number of hydrogen-bond donors (Lipinski definition) is 0. The summed E-state index contributed by atoms with van der Waals surface area (Å²) in [5.41, 5.74) is 3.28. The highest BCUT2D eigenvalue weighted by atomic mass is 35.5. The van der Waals surface area contributed by atoms with E-state index in [0.717, 1.165) is 30.1 Å². The average Bonchev–Trinajstić information content (AvgIpc) is 3.37. The Hall–Kier alpha value is -1.81. The van der Waals surface area contributed by atoms with Gasteiger partial charge in [0, 0.05) is 19.2 Å². The molecule has 0 bridgehead atoms. The lowest BCUT2D eigenvalue weighted by atomic mass is 10.1. The second-order valence-electron chi connectivity index (χ2n) is 5.90. The minimum Gasteiger partial charge on any atom is -0.435 e. The fraction of sp³-hybridized carbons (Fsp3) is 0.444. The van der Waals surface area contributed by atoms with Gasteiger partial charge in [-0.15, -0.1) is 10.2 Å². The van der Waals surface area contributed by atoms with Gasteiger partial charge in [-0.3, -0.25) is 0 Å². The molecule has 0 unspecified atom stereocenters. The Balaban J connectivity index is 2.01. The van der Waals surface area contributed by atoms with E-state index in [1.165, 1.54) is 18.4 Å². The van der Waals surface area contributed by atoms with Gasteiger partial charge in [0.05, 0.1) is 0 Å². The van der Waals surface area contributed by atoms with Crippen molar-refractivity contribution in [3.8, 4) is 11.6 Å². The van der Waals surface area contributed by atoms with Crippen LogP contribution >= 0.6 is 11.6 Å². The topological polar surface area (TPSA) is 38.2 Å². The van der Waals surface area contributed by atoms with Crippen molar-refractivity contribution in [3.63, 3.8) is 0 Å². The Kier molecular flexibility index (Phi) is 4.71. The third-order valence-electron chi connectivity index (χ3n) is 4.27. The van der Waals surface area contributed by atoms with Crippen molar-refractivity contribution in [2.45, 2.75) is 39.5 Å². The summed E-state index contributed by atoms with van der Waals surface area (Å²) in [6.07, 6.45) is 2.46. The highest BCUT2D eigenvalue weighted by molar-refractivity contribution is 6.29. The Morgan fingerprint density at radius 2 is 1.96 bits per heavy atom. The van der Waals surface area contributed by atoms with Crippen LogP contribution in [0, 0.1) is 6.92 Å². The average molecular weight is 332 g/mol. The first kappa shape index (κ1) is 16.1. The van der Waals surface area contributed by atoms with Gasteiger partial charge in [0.1, 0.15) is 11.4 Å². The van der Waals surface area contributed by atoms with E-state index in [1.54, 1.807) is 0 Å². The summed E-state index contributed by atoms with van der Waals surface area (Å²) in [4.78, 5) is 2.17. The zero-order valence-electron chi connectivity index (χ0n) is 13.8. The second kappa shape index (κ2) is 6.75. The highest BCUT2D eigenvalue weighted by Crippen LogP contribution is 2.46. The van der Waals surface area contributed by atoms with Gasteiger partial charge in [0.15, 0.2) is 5.15 Å². The number of aromatic nitrogens is 2. The number of aryl methyl sites for hydroxylation is 1. The van der Waals surface area contributed by atoms with E-state index < -0.39 is 0 Å². The lowest BCUT2D eigenvalue weighted by Crippen LogP contribution is -2.23. The van der Waals surface area contributed by atoms with Crippen LogP contribution in [0.25, 0.3) is 0 Å². The number of anilines is 1. The van der Waals surface area contributed by atoms with Crippen molar-refractivity contribution < 1.29 is 4.74 Å². The molecule has 1 heterocycles. The molecule has 0 spiro atoms. The summed E-state index contributed by atoms with van der Waals surface area (Å²) in [5, 5.41) is 8.56. The predicted molar refractivity (Wildman–Crippen MR) is 93.8 cm³/mol. The molecule has 0 saturated heterocycles. The minimum absolute atomic E-state index is 0.381. The molecule has 0 atom stereocenters. The first-order valence-electron chi connectivity index (χ1n) is 8.19. The lowest BCUT2D eigenvalue weighted by molar-refractivity contribution is 0.446. The van der Waals surface area contributed by atoms with Crippen LogP contribution in [0.3, 0.4) is 0 Å². The Morgan fingerprint density at radius 1 is 1.22 bits per heavy atom. The number of para-hydroxylation sites is 1. The maximum absolute atomic E-state index is 6.24. The van der Waals surface area contributed by atoms with Crippen LogP contribution in [0.4, 0.5) is 5.69 Å². The van der Waals surface area contributed by atoms with E-state index >= 15 is 0 Å². The molecule has 0 radical (unpaired) electrons. The third-order valence-corrected chi connectivity index (χ3v) is 4.46. The fourth-order valence-electron chi connectivity index (χ4n) is 2.84. The molecular weight excluding hydrogens is 310 g/mol. The molecule has 0 aliphatic heterocycles. The largest absolute Gasteiger partial charge is 0.435 e. The Labute approximate surface area is 142 Å². The summed E-state index contributed by atoms with van der Waals surface area (Å²) in [5.74, 6) is 2.05. The minimum atomic E-state index is 0.381. The fourth-order valence-corrected chi connectivity index (χ4v) is 2.98. The summed E-state index contributed by atoms with van der Waals surface area (Å²) < 4.78 is 6.24. The molecule has 2 aromatic rings. The maximum atomic E-state index is 6.24. The van der Waals surface area contributed by atoms with Gasteiger partial charge in [0.25, 0.3) is 5.88 Å². The molecule has 0 amide bonds. The number of ether oxygens (including phenoxy) is 1. The molecule has 23 heavy (non-hydrogen) atoms. The summed E-state index contributed by atoms with van der Waals surface area (Å²) >= 11 is 6.04. The SMILES string of the molecule is CCN(CC)c1cc(Cl)nnc1Oc1c(C)cccc1C1CC1. The quantitative estimate of drug-likeness (QED) is 0.750. The maximum Gasteiger partial charge on any atom is 0.262 e. The van der Waals surface area contributed by atoms with Gasteiger partial charge in [-0.1, -0.05) is 29.8 Å². The zero-order chi connectivity index (χ0) is 16.4. The van der Waals surface area contributed by atoms with Crippen molar-refractivity contribution in [1.29, 1.82) is 0 Å². The molecule has 1 aliphatic carbocycles. The van der Waals surface area contributed by atoms with E-state index in [9.17, 15) is 0 Å². The first-order chi connectivity index (χ1) is 11.1. The van der Waals surface area contributed by atoms with Gasteiger partial charge in [-0.2, -0.15) is 0 Å². The van der Waals surface area contributed by atoms with Crippen LogP contribution in [-0.2, 0) is 0 Å². The molecular formula is C18H22ClN3O. The summed E-state index contributed by atoms with van der Waals surface area (Å²) in [6.45, 7) is 7.99. The van der Waals surface area contributed by atoms with Crippen LogP contribution in [0.15, 0.2) is 24.3 Å². The van der Waals surface area contributed by atoms with E-state index in [2.05, 4.69) is 54.1 Å². The zero-order valence-corrected chi connectivity index (χ0v) is 14.6. The van der Waals surface area contributed by atoms with Crippen LogP contribution in [0.1, 0.15) is 43.7 Å². The van der Waals surface area contributed by atoms with Crippen LogP contribution < -0.4 is 9.64 Å². The third kappa shape index (κ3) is 3.42. The smallest absolute Gasteiger partial charge is 0.262 e. The van der Waals surface area contributed by atoms with Crippen molar-refractivity contribution in [2.75, 3.05) is 18.0 Å². The standard InChI is InChI=1S/C18H22ClN3O/c1-4-22(5-2)15-11-16(19)20-21-18(15)23-17-12(3)7-6-8-14(17)13-9-10-13/h6-8,11,13H,4-5,9-10H2,1-3H3. The van der Waals surface area contributed by atoms with Crippen molar-refractivity contribution in [3.05, 3.63) is 40.5 Å². The first-order valence-corrected chi connectivity index (χ1v) is 8.57. The molecule has 1 saturated carbocycles. The van der Waals surface area contributed by atoms with E-state index in [4.69, 9.17) is 16.3 Å². The van der Waals surface area contributed by atoms with Crippen molar-refractivity contribution in [2.24, 2.45) is 0 Å². The number of benzene rings is 1. The van der Waals surface area contributed by atoms with Crippen LogP contribution in [0.2, 0.25) is 5.15 Å². The number of nitrogens with zero attached hydrogens (tertiary/aromatic N) is 3. The van der Waals surface area contributed by atoms with E-state index in [1.807, 2.05) is 6.07 Å². The van der Waals surface area contributed by atoms with Crippen LogP contribution in [0.5, 0.6) is 11.6 Å². The van der Waals surface area contributed by atoms with Crippen molar-refractivity contribution in [1.82, 2.24) is 10.2 Å². The monoisotopic (exact) mass is 331 g/mol. The molecule has 122 valence electrons. The van der Waals surface area contributed by atoms with Gasteiger partial charge in [0.2, 0.25) is 0 Å². The Bertz CT molecular complexity index is 697. The predicted octanol–water partition coefficient (Wildman–Crippen LogP) is 4.95. The van der Waals surface area contributed by atoms with Gasteiger partial charge in [-0.05, 0) is 50.7 Å². The molecule has 1 aromatic carbocycles. The van der Waals surface area contributed by atoms with Crippen molar-refractivity contribution >= 4 is 17.3 Å². The van der Waals surface area contributed by atoms with Gasteiger partial charge in [-0.25, -0.2) is 0 Å². The van der Waals surface area contributed by atoms with Gasteiger partial charge >= 0.3 is 0 Å². The number of rotatable bonds is 6. The van der Waals surface area contributed by atoms with E-state index in [0.29, 0.717) is 17.0 Å². The number of hydrogen-bond acceptors (Lipinski definition) is 4. The molecule has 5 heteroatoms.